The van der Waals surface area contributed by atoms with Crippen LogP contribution in [0.5, 0.6) is 0 Å². The van der Waals surface area contributed by atoms with E-state index in [1.807, 2.05) is 50.2 Å². The Morgan fingerprint density at radius 3 is 2.50 bits per heavy atom. The Morgan fingerprint density at radius 2 is 1.77 bits per heavy atom. The maximum atomic E-state index is 13.1. The van der Waals surface area contributed by atoms with E-state index in [4.69, 9.17) is 0 Å². The van der Waals surface area contributed by atoms with E-state index in [9.17, 15) is 13.2 Å². The number of nitrogens with one attached hydrogen (secondary N) is 1. The summed E-state index contributed by atoms with van der Waals surface area (Å²) in [5.74, 6) is -0.597. The first kappa shape index (κ1) is 19.8. The molecule has 0 saturated heterocycles. The predicted octanol–water partition coefficient (Wildman–Crippen LogP) is 3.25. The number of hydrazone groups is 1. The van der Waals surface area contributed by atoms with E-state index in [0.29, 0.717) is 5.69 Å². The molecule has 0 saturated carbocycles. The highest BCUT2D eigenvalue weighted by molar-refractivity contribution is 8.08. The fourth-order valence-corrected chi connectivity index (χ4v) is 4.51. The van der Waals surface area contributed by atoms with Gasteiger partial charge < -0.3 is 5.32 Å². The van der Waals surface area contributed by atoms with Crippen LogP contribution in [0.2, 0.25) is 0 Å². The zero-order valence-corrected chi connectivity index (χ0v) is 17.3. The lowest BCUT2D eigenvalue weighted by atomic mass is 10.1. The third kappa shape index (κ3) is 3.69. The molecule has 1 N–H and O–H groups in total. The quantitative estimate of drug-likeness (QED) is 0.700. The first-order chi connectivity index (χ1) is 14.4. The van der Waals surface area contributed by atoms with Crippen molar-refractivity contribution in [1.82, 2.24) is 10.3 Å². The second kappa shape index (κ2) is 7.72. The van der Waals surface area contributed by atoms with Gasteiger partial charge in [0.25, 0.3) is 5.91 Å². The van der Waals surface area contributed by atoms with Gasteiger partial charge in [0.2, 0.25) is 14.9 Å². The molecule has 3 aromatic rings. The molecule has 2 heterocycles. The lowest BCUT2D eigenvalue weighted by Crippen LogP contribution is -2.40. The lowest BCUT2D eigenvalue weighted by Gasteiger charge is -2.26. The summed E-state index contributed by atoms with van der Waals surface area (Å²) in [6.07, 6.45) is 1.49. The predicted molar refractivity (Wildman–Crippen MR) is 115 cm³/mol. The molecule has 2 aromatic carbocycles. The summed E-state index contributed by atoms with van der Waals surface area (Å²) < 4.78 is 26.2. The summed E-state index contributed by atoms with van der Waals surface area (Å²) in [5.41, 5.74) is 3.58. The van der Waals surface area contributed by atoms with Gasteiger partial charge in [0, 0.05) is 12.7 Å². The van der Waals surface area contributed by atoms with Gasteiger partial charge in [0.15, 0.2) is 5.82 Å². The van der Waals surface area contributed by atoms with Gasteiger partial charge in [-0.25, -0.2) is 18.4 Å². The van der Waals surface area contributed by atoms with Gasteiger partial charge in [-0.05, 0) is 43.7 Å². The van der Waals surface area contributed by atoms with E-state index in [1.165, 1.54) is 23.3 Å². The van der Waals surface area contributed by atoms with Crippen LogP contribution in [-0.2, 0) is 21.2 Å². The van der Waals surface area contributed by atoms with Gasteiger partial charge in [0.1, 0.15) is 4.90 Å². The van der Waals surface area contributed by atoms with Gasteiger partial charge >= 0.3 is 0 Å². The lowest BCUT2D eigenvalue weighted by molar-refractivity contribution is -0.114. The van der Waals surface area contributed by atoms with Crippen molar-refractivity contribution in [1.29, 1.82) is 0 Å². The summed E-state index contributed by atoms with van der Waals surface area (Å²) in [5, 5.41) is 7.69. The van der Waals surface area contributed by atoms with Crippen LogP contribution in [-0.4, -0.2) is 24.4 Å². The summed E-state index contributed by atoms with van der Waals surface area (Å²) in [4.78, 5) is 17.0. The largest absolute Gasteiger partial charge is 0.346 e. The number of benzene rings is 2. The van der Waals surface area contributed by atoms with Crippen molar-refractivity contribution < 1.29 is 13.2 Å². The van der Waals surface area contributed by atoms with Crippen LogP contribution in [0.3, 0.4) is 0 Å². The number of sulfone groups is 1. The molecule has 30 heavy (non-hydrogen) atoms. The molecule has 0 radical (unpaired) electrons. The minimum atomic E-state index is -4.11. The van der Waals surface area contributed by atoms with Crippen LogP contribution < -0.4 is 10.3 Å². The Hall–Kier alpha value is -3.52. The van der Waals surface area contributed by atoms with Crippen molar-refractivity contribution in [2.24, 2.45) is 5.10 Å². The third-order valence-electron chi connectivity index (χ3n) is 4.69. The topological polar surface area (TPSA) is 91.7 Å². The number of pyridine rings is 1. The molecule has 8 heteroatoms. The van der Waals surface area contributed by atoms with E-state index < -0.39 is 20.8 Å². The van der Waals surface area contributed by atoms with E-state index in [0.717, 1.165) is 16.7 Å². The van der Waals surface area contributed by atoms with Crippen LogP contribution >= 0.6 is 0 Å². The Balaban J connectivity index is 1.72. The number of carbonyl (C=O) groups is 1. The highest BCUT2D eigenvalue weighted by Gasteiger charge is 2.38. The van der Waals surface area contributed by atoms with E-state index in [1.54, 1.807) is 12.1 Å². The summed E-state index contributed by atoms with van der Waals surface area (Å²) in [6.45, 7) is 4.09. The number of fused-ring (bicyclic) bond motifs is 1. The monoisotopic (exact) mass is 420 g/mol. The molecule has 1 aliphatic heterocycles. The highest BCUT2D eigenvalue weighted by Crippen LogP contribution is 2.34. The molecule has 4 rings (SSSR count). The average Bonchev–Trinajstić information content (AvgIpc) is 2.73. The first-order valence-electron chi connectivity index (χ1n) is 9.35. The first-order valence-corrected chi connectivity index (χ1v) is 10.8. The van der Waals surface area contributed by atoms with Crippen molar-refractivity contribution in [3.05, 3.63) is 83.6 Å². The Morgan fingerprint density at radius 1 is 1.00 bits per heavy atom. The number of aryl methyl sites for hydroxylation is 2. The van der Waals surface area contributed by atoms with E-state index in [2.05, 4.69) is 15.4 Å². The fourth-order valence-electron chi connectivity index (χ4n) is 3.16. The molecule has 0 aliphatic carbocycles. The summed E-state index contributed by atoms with van der Waals surface area (Å²) in [7, 11) is -4.11. The van der Waals surface area contributed by atoms with Crippen molar-refractivity contribution in [2.75, 3.05) is 5.01 Å². The second-order valence-electron chi connectivity index (χ2n) is 7.05. The highest BCUT2D eigenvalue weighted by atomic mass is 32.2. The van der Waals surface area contributed by atoms with Crippen LogP contribution in [0.1, 0.15) is 16.7 Å². The van der Waals surface area contributed by atoms with Crippen LogP contribution in [0.4, 0.5) is 11.5 Å². The SMILES string of the molecule is Cc1ccc(N2N=C(C(=O)NCc3cccc(C)c3)S(=O)(=O)c3cccnc32)cc1. The molecule has 0 bridgehead atoms. The van der Waals surface area contributed by atoms with Gasteiger partial charge in [-0.15, -0.1) is 5.10 Å². The molecule has 1 aromatic heterocycles. The number of aromatic nitrogens is 1. The minimum absolute atomic E-state index is 0.0544. The molecule has 152 valence electrons. The molecular formula is C22H20N4O3S. The normalized spacial score (nSPS) is 14.6. The molecule has 0 unspecified atom stereocenters. The Bertz CT molecular complexity index is 1250. The van der Waals surface area contributed by atoms with Crippen molar-refractivity contribution >= 4 is 32.3 Å². The van der Waals surface area contributed by atoms with Gasteiger partial charge in [-0.1, -0.05) is 47.5 Å². The molecule has 1 aliphatic rings. The molecule has 0 fully saturated rings. The molecular weight excluding hydrogens is 400 g/mol. The third-order valence-corrected chi connectivity index (χ3v) is 6.37. The smallest absolute Gasteiger partial charge is 0.284 e. The zero-order chi connectivity index (χ0) is 21.3. The summed E-state index contributed by atoms with van der Waals surface area (Å²) >= 11 is 0. The number of hydrogen-bond donors (Lipinski definition) is 1. The van der Waals surface area contributed by atoms with Crippen LogP contribution in [0.15, 0.2) is 76.9 Å². The average molecular weight is 420 g/mol. The number of carbonyl (C=O) groups excluding carboxylic acids is 1. The molecule has 7 nitrogen and oxygen atoms in total. The molecule has 0 spiro atoms. The number of hydrogen-bond acceptors (Lipinski definition) is 6. The standard InChI is InChI=1S/C22H20N4O3S/c1-15-8-10-18(11-9-15)26-20-19(7-4-12-23-20)30(28,29)22(25-26)21(27)24-14-17-6-3-5-16(2)13-17/h3-13H,14H2,1-2H3,(H,24,27). The van der Waals surface area contributed by atoms with Gasteiger partial charge in [-0.3, -0.25) is 4.79 Å². The molecule has 0 atom stereocenters. The maximum absolute atomic E-state index is 13.1. The Labute approximate surface area is 175 Å². The van der Waals surface area contributed by atoms with Gasteiger partial charge in [0.05, 0.1) is 5.69 Å². The second-order valence-corrected chi connectivity index (χ2v) is 8.89. The summed E-state index contributed by atoms with van der Waals surface area (Å²) in [6, 6.07) is 17.9. The number of amides is 1. The van der Waals surface area contributed by atoms with Crippen LogP contribution in [0.25, 0.3) is 0 Å². The zero-order valence-electron chi connectivity index (χ0n) is 16.5. The van der Waals surface area contributed by atoms with Gasteiger partial charge in [-0.2, -0.15) is 0 Å². The van der Waals surface area contributed by atoms with Crippen LogP contribution in [0, 0.1) is 13.8 Å². The van der Waals surface area contributed by atoms with Crippen molar-refractivity contribution in [3.63, 3.8) is 0 Å². The number of anilines is 2. The number of rotatable bonds is 4. The fraction of sp³-hybridized carbons (Fsp3) is 0.136. The van der Waals surface area contributed by atoms with E-state index in [-0.39, 0.29) is 17.3 Å². The van der Waals surface area contributed by atoms with Crippen molar-refractivity contribution in [3.8, 4) is 0 Å². The minimum Gasteiger partial charge on any atom is -0.346 e. The maximum Gasteiger partial charge on any atom is 0.284 e. The van der Waals surface area contributed by atoms with E-state index >= 15 is 0 Å². The number of nitrogens with zero attached hydrogens (tertiary/aromatic N) is 3. The molecule has 1 amide bonds. The Kier molecular flexibility index (Phi) is 5.09. The van der Waals surface area contributed by atoms with Crippen molar-refractivity contribution in [2.45, 2.75) is 25.3 Å².